The third kappa shape index (κ3) is 3.76. The number of ether oxygens (including phenoxy) is 1. The number of rotatable bonds is 2. The van der Waals surface area contributed by atoms with Crippen molar-refractivity contribution in [1.82, 2.24) is 4.90 Å². The van der Waals surface area contributed by atoms with Crippen molar-refractivity contribution >= 4 is 38.9 Å². The summed E-state index contributed by atoms with van der Waals surface area (Å²) in [5, 5.41) is 4.12. The van der Waals surface area contributed by atoms with E-state index in [0.717, 1.165) is 28.4 Å². The lowest BCUT2D eigenvalue weighted by Crippen LogP contribution is -2.43. The van der Waals surface area contributed by atoms with Gasteiger partial charge in [0, 0.05) is 22.6 Å². The van der Waals surface area contributed by atoms with Crippen molar-refractivity contribution in [3.05, 3.63) is 28.7 Å². The van der Waals surface area contributed by atoms with Crippen LogP contribution >= 0.6 is 28.1 Å². The van der Waals surface area contributed by atoms with Crippen molar-refractivity contribution in [2.45, 2.75) is 38.3 Å². The number of hydrogen-bond donors (Lipinski definition) is 1. The molecule has 114 valence electrons. The summed E-state index contributed by atoms with van der Waals surface area (Å²) in [6.07, 6.45) is 6.71. The fourth-order valence-corrected chi connectivity index (χ4v) is 3.99. The summed E-state index contributed by atoms with van der Waals surface area (Å²) in [4.78, 5) is 2.23. The number of thiocarbonyl (C=S) groups is 1. The Morgan fingerprint density at radius 1 is 1.29 bits per heavy atom. The van der Waals surface area contributed by atoms with Crippen LogP contribution in [0.4, 0.5) is 5.69 Å². The van der Waals surface area contributed by atoms with Crippen LogP contribution in [-0.4, -0.2) is 29.4 Å². The Hall–Kier alpha value is -0.650. The van der Waals surface area contributed by atoms with E-state index in [4.69, 9.17) is 17.0 Å². The van der Waals surface area contributed by atoms with E-state index in [1.807, 2.05) is 24.3 Å². The molecule has 2 fully saturated rings. The zero-order valence-electron chi connectivity index (χ0n) is 12.1. The molecular formula is C16H21BrN2OS. The van der Waals surface area contributed by atoms with Crippen molar-refractivity contribution in [2.24, 2.45) is 5.92 Å². The first-order valence-electron chi connectivity index (χ1n) is 7.69. The standard InChI is InChI=1S/C16H21BrN2OS/c17-13-7-4-8-14(11-13)18-16(21)19-9-10-20-15(19)12-5-2-1-3-6-12/h4,7-8,11-12,15H,1-3,5-6,9-10H2,(H,18,21). The van der Waals surface area contributed by atoms with Crippen molar-refractivity contribution in [3.63, 3.8) is 0 Å². The van der Waals surface area contributed by atoms with Gasteiger partial charge in [-0.3, -0.25) is 0 Å². The van der Waals surface area contributed by atoms with Crippen LogP contribution in [0, 0.1) is 5.92 Å². The van der Waals surface area contributed by atoms with Crippen LogP contribution < -0.4 is 5.32 Å². The van der Waals surface area contributed by atoms with E-state index in [9.17, 15) is 0 Å². The van der Waals surface area contributed by atoms with Crippen molar-refractivity contribution in [1.29, 1.82) is 0 Å². The van der Waals surface area contributed by atoms with Crippen LogP contribution in [0.1, 0.15) is 32.1 Å². The summed E-state index contributed by atoms with van der Waals surface area (Å²) in [7, 11) is 0. The van der Waals surface area contributed by atoms with Crippen LogP contribution in [0.2, 0.25) is 0 Å². The van der Waals surface area contributed by atoms with Gasteiger partial charge in [0.25, 0.3) is 0 Å². The fraction of sp³-hybridized carbons (Fsp3) is 0.562. The topological polar surface area (TPSA) is 24.5 Å². The molecule has 5 heteroatoms. The molecule has 3 nitrogen and oxygen atoms in total. The molecule has 0 radical (unpaired) electrons. The van der Waals surface area contributed by atoms with Crippen molar-refractivity contribution < 1.29 is 4.74 Å². The van der Waals surface area contributed by atoms with Gasteiger partial charge in [0.2, 0.25) is 0 Å². The van der Waals surface area contributed by atoms with E-state index in [1.165, 1.54) is 32.1 Å². The highest BCUT2D eigenvalue weighted by Crippen LogP contribution is 2.32. The normalized spacial score (nSPS) is 23.3. The molecule has 0 amide bonds. The lowest BCUT2D eigenvalue weighted by Gasteiger charge is -2.34. The lowest BCUT2D eigenvalue weighted by molar-refractivity contribution is 0.00110. The Morgan fingerprint density at radius 3 is 2.86 bits per heavy atom. The summed E-state index contributed by atoms with van der Waals surface area (Å²) < 4.78 is 7.03. The first kappa shape index (κ1) is 15.3. The molecule has 1 heterocycles. The highest BCUT2D eigenvalue weighted by Gasteiger charge is 2.34. The summed E-state index contributed by atoms with van der Waals surface area (Å²) in [5.41, 5.74) is 1.02. The van der Waals surface area contributed by atoms with Gasteiger partial charge in [-0.1, -0.05) is 41.3 Å². The summed E-state index contributed by atoms with van der Waals surface area (Å²) in [6, 6.07) is 8.09. The monoisotopic (exact) mass is 368 g/mol. The Balaban J connectivity index is 1.65. The highest BCUT2D eigenvalue weighted by molar-refractivity contribution is 9.10. The van der Waals surface area contributed by atoms with Gasteiger partial charge in [-0.15, -0.1) is 0 Å². The number of nitrogens with zero attached hydrogens (tertiary/aromatic N) is 1. The molecule has 3 rings (SSSR count). The molecule has 1 unspecified atom stereocenters. The van der Waals surface area contributed by atoms with E-state index in [1.54, 1.807) is 0 Å². The molecule has 0 aromatic heterocycles. The highest BCUT2D eigenvalue weighted by atomic mass is 79.9. The lowest BCUT2D eigenvalue weighted by atomic mass is 9.87. The van der Waals surface area contributed by atoms with Crippen LogP contribution in [-0.2, 0) is 4.74 Å². The van der Waals surface area contributed by atoms with Gasteiger partial charge in [-0.05, 0) is 43.3 Å². The molecule has 1 aromatic carbocycles. The summed E-state index contributed by atoms with van der Waals surface area (Å²) in [5.74, 6) is 0.628. The summed E-state index contributed by atoms with van der Waals surface area (Å²) in [6.45, 7) is 1.67. The zero-order valence-corrected chi connectivity index (χ0v) is 14.5. The van der Waals surface area contributed by atoms with Crippen LogP contribution in [0.5, 0.6) is 0 Å². The number of halogens is 1. The van der Waals surface area contributed by atoms with Crippen molar-refractivity contribution in [2.75, 3.05) is 18.5 Å². The maximum Gasteiger partial charge on any atom is 0.175 e. The number of nitrogens with one attached hydrogen (secondary N) is 1. The zero-order chi connectivity index (χ0) is 14.7. The van der Waals surface area contributed by atoms with E-state index >= 15 is 0 Å². The van der Waals surface area contributed by atoms with Gasteiger partial charge in [0.05, 0.1) is 6.61 Å². The molecule has 1 aliphatic heterocycles. The van der Waals surface area contributed by atoms with Gasteiger partial charge in [0.1, 0.15) is 6.23 Å². The molecule has 1 saturated heterocycles. The SMILES string of the molecule is S=C(Nc1cccc(Br)c1)N1CCOC1C1CCCCC1. The van der Waals surface area contributed by atoms with Gasteiger partial charge < -0.3 is 15.0 Å². The molecule has 2 aliphatic rings. The second-order valence-electron chi connectivity index (χ2n) is 5.79. The predicted octanol–water partition coefficient (Wildman–Crippen LogP) is 4.38. The van der Waals surface area contributed by atoms with Gasteiger partial charge in [-0.25, -0.2) is 0 Å². The van der Waals surface area contributed by atoms with Gasteiger partial charge >= 0.3 is 0 Å². The van der Waals surface area contributed by atoms with E-state index < -0.39 is 0 Å². The summed E-state index contributed by atoms with van der Waals surface area (Å²) >= 11 is 9.09. The van der Waals surface area contributed by atoms with E-state index in [-0.39, 0.29) is 6.23 Å². The molecule has 1 aromatic rings. The minimum atomic E-state index is 0.164. The average molecular weight is 369 g/mol. The average Bonchev–Trinajstić information content (AvgIpc) is 2.98. The first-order chi connectivity index (χ1) is 10.2. The van der Waals surface area contributed by atoms with E-state index in [0.29, 0.717) is 5.92 Å². The van der Waals surface area contributed by atoms with Crippen LogP contribution in [0.15, 0.2) is 28.7 Å². The van der Waals surface area contributed by atoms with Crippen LogP contribution in [0.25, 0.3) is 0 Å². The third-order valence-electron chi connectivity index (χ3n) is 4.32. The molecular weight excluding hydrogens is 348 g/mol. The third-order valence-corrected chi connectivity index (χ3v) is 5.15. The molecule has 1 saturated carbocycles. The molecule has 0 bridgehead atoms. The second kappa shape index (κ2) is 7.07. The Kier molecular flexibility index (Phi) is 5.14. The first-order valence-corrected chi connectivity index (χ1v) is 8.89. The number of anilines is 1. The largest absolute Gasteiger partial charge is 0.356 e. The minimum Gasteiger partial charge on any atom is -0.356 e. The predicted molar refractivity (Wildman–Crippen MR) is 93.4 cm³/mol. The molecule has 1 atom stereocenters. The van der Waals surface area contributed by atoms with Gasteiger partial charge in [0.15, 0.2) is 5.11 Å². The Bertz CT molecular complexity index is 505. The molecule has 21 heavy (non-hydrogen) atoms. The smallest absolute Gasteiger partial charge is 0.175 e. The van der Waals surface area contributed by atoms with Crippen LogP contribution in [0.3, 0.4) is 0 Å². The quantitative estimate of drug-likeness (QED) is 0.782. The van der Waals surface area contributed by atoms with Gasteiger partial charge in [-0.2, -0.15) is 0 Å². The number of benzene rings is 1. The Morgan fingerprint density at radius 2 is 2.10 bits per heavy atom. The second-order valence-corrected chi connectivity index (χ2v) is 7.10. The maximum atomic E-state index is 5.98. The molecule has 1 aliphatic carbocycles. The minimum absolute atomic E-state index is 0.164. The molecule has 1 N–H and O–H groups in total. The Labute approximate surface area is 140 Å². The van der Waals surface area contributed by atoms with Crippen molar-refractivity contribution in [3.8, 4) is 0 Å². The molecule has 0 spiro atoms. The maximum absolute atomic E-state index is 5.98. The fourth-order valence-electron chi connectivity index (χ4n) is 3.28. The van der Waals surface area contributed by atoms with E-state index in [2.05, 4.69) is 26.1 Å². The number of hydrogen-bond acceptors (Lipinski definition) is 2.